The van der Waals surface area contributed by atoms with Crippen LogP contribution in [0, 0.1) is 0 Å². The van der Waals surface area contributed by atoms with Gasteiger partial charge in [0.25, 0.3) is 5.91 Å². The second kappa shape index (κ2) is 8.85. The van der Waals surface area contributed by atoms with Crippen molar-refractivity contribution in [2.24, 2.45) is 0 Å². The monoisotopic (exact) mass is 454 g/mol. The molecule has 0 aromatic heterocycles. The predicted molar refractivity (Wildman–Crippen MR) is 117 cm³/mol. The summed E-state index contributed by atoms with van der Waals surface area (Å²) in [4.78, 5) is 28.6. The van der Waals surface area contributed by atoms with E-state index in [9.17, 15) is 18.0 Å². The zero-order chi connectivity index (χ0) is 21.2. The number of nitrogens with zero attached hydrogens (tertiary/aromatic N) is 2. The zero-order valence-corrected chi connectivity index (χ0v) is 18.6. The number of hydrogen-bond acceptors (Lipinski definition) is 7. The number of thiocarbonyl (C=S) groups is 1. The Morgan fingerprint density at radius 2 is 2.07 bits per heavy atom. The fraction of sp³-hybridized carbons (Fsp3) is 0.421. The Bertz CT molecular complexity index is 957. The number of benzene rings is 1. The van der Waals surface area contributed by atoms with Gasteiger partial charge in [-0.2, -0.15) is 0 Å². The predicted octanol–water partition coefficient (Wildman–Crippen LogP) is 1.93. The molecule has 1 aromatic rings. The lowest BCUT2D eigenvalue weighted by Gasteiger charge is -2.24. The van der Waals surface area contributed by atoms with Gasteiger partial charge < -0.3 is 9.64 Å². The quantitative estimate of drug-likeness (QED) is 0.480. The van der Waals surface area contributed by atoms with Crippen LogP contribution in [-0.2, 0) is 19.4 Å². The molecule has 1 atom stereocenters. The van der Waals surface area contributed by atoms with Gasteiger partial charge in [0, 0.05) is 26.1 Å². The summed E-state index contributed by atoms with van der Waals surface area (Å²) >= 11 is 6.51. The van der Waals surface area contributed by atoms with Gasteiger partial charge in [0.15, 0.2) is 9.84 Å². The summed E-state index contributed by atoms with van der Waals surface area (Å²) in [6.07, 6.45) is 2.31. The molecule has 0 N–H and O–H groups in total. The maximum absolute atomic E-state index is 12.7. The molecule has 7 nitrogen and oxygen atoms in total. The topological polar surface area (TPSA) is 84.0 Å². The SMILES string of the molecule is COc1ccc(/C=C2\SC(=S)N(CCC(=O)N(C)C3CCS(=O)(=O)C3)C2=O)cc1. The van der Waals surface area contributed by atoms with Gasteiger partial charge in [0.05, 0.1) is 23.5 Å². The largest absolute Gasteiger partial charge is 0.497 e. The number of methoxy groups -OCH3 is 1. The highest BCUT2D eigenvalue weighted by molar-refractivity contribution is 8.26. The lowest BCUT2D eigenvalue weighted by atomic mass is 10.2. The minimum atomic E-state index is -3.06. The first-order valence-electron chi connectivity index (χ1n) is 9.05. The van der Waals surface area contributed by atoms with E-state index in [4.69, 9.17) is 17.0 Å². The molecule has 2 heterocycles. The molecular formula is C19H22N2O5S3. The minimum Gasteiger partial charge on any atom is -0.497 e. The van der Waals surface area contributed by atoms with Crippen LogP contribution >= 0.6 is 24.0 Å². The van der Waals surface area contributed by atoms with Gasteiger partial charge in [-0.1, -0.05) is 36.1 Å². The Morgan fingerprint density at radius 3 is 2.66 bits per heavy atom. The number of amides is 2. The Labute approximate surface area is 180 Å². The molecule has 0 bridgehead atoms. The van der Waals surface area contributed by atoms with E-state index in [0.29, 0.717) is 15.6 Å². The molecule has 1 aromatic carbocycles. The van der Waals surface area contributed by atoms with Crippen LogP contribution in [0.1, 0.15) is 18.4 Å². The van der Waals surface area contributed by atoms with Crippen LogP contribution in [0.15, 0.2) is 29.2 Å². The summed E-state index contributed by atoms with van der Waals surface area (Å²) < 4.78 is 28.8. The van der Waals surface area contributed by atoms with Crippen molar-refractivity contribution in [2.75, 3.05) is 32.2 Å². The molecule has 2 saturated heterocycles. The maximum Gasteiger partial charge on any atom is 0.266 e. The number of carbonyl (C=O) groups excluding carboxylic acids is 2. The molecule has 2 amide bonds. The first-order valence-corrected chi connectivity index (χ1v) is 12.1. The summed E-state index contributed by atoms with van der Waals surface area (Å²) in [5.74, 6) is 0.420. The van der Waals surface area contributed by atoms with Crippen molar-refractivity contribution >= 4 is 56.0 Å². The molecule has 2 aliphatic rings. The standard InChI is InChI=1S/C19H22N2O5S3/c1-20(14-8-10-29(24,25)12-14)17(22)7-9-21-18(23)16(28-19(21)27)11-13-3-5-15(26-2)6-4-13/h3-6,11,14H,7-10,12H2,1-2H3/b16-11-. The molecule has 3 rings (SSSR count). The summed E-state index contributed by atoms with van der Waals surface area (Å²) in [6, 6.07) is 7.02. The van der Waals surface area contributed by atoms with E-state index in [1.54, 1.807) is 20.2 Å². The number of sulfone groups is 1. The van der Waals surface area contributed by atoms with Crippen LogP contribution < -0.4 is 4.74 Å². The van der Waals surface area contributed by atoms with Crippen LogP contribution in [-0.4, -0.2) is 72.6 Å². The van der Waals surface area contributed by atoms with Crippen molar-refractivity contribution in [3.05, 3.63) is 34.7 Å². The van der Waals surface area contributed by atoms with Gasteiger partial charge in [0.2, 0.25) is 5.91 Å². The third-order valence-electron chi connectivity index (χ3n) is 4.99. The second-order valence-electron chi connectivity index (χ2n) is 6.92. The third-order valence-corrected chi connectivity index (χ3v) is 8.11. The van der Waals surface area contributed by atoms with E-state index in [1.165, 1.54) is 21.6 Å². The van der Waals surface area contributed by atoms with Gasteiger partial charge in [0.1, 0.15) is 10.1 Å². The number of hydrogen-bond donors (Lipinski definition) is 0. The van der Waals surface area contributed by atoms with Gasteiger partial charge in [-0.25, -0.2) is 8.42 Å². The summed E-state index contributed by atoms with van der Waals surface area (Å²) in [5, 5.41) is 0. The number of carbonyl (C=O) groups is 2. The van der Waals surface area contributed by atoms with Crippen LogP contribution in [0.3, 0.4) is 0 Å². The molecular weight excluding hydrogens is 432 g/mol. The Morgan fingerprint density at radius 1 is 1.38 bits per heavy atom. The lowest BCUT2D eigenvalue weighted by Crippen LogP contribution is -2.40. The Hall–Kier alpha value is -1.91. The van der Waals surface area contributed by atoms with Crippen LogP contribution in [0.5, 0.6) is 5.75 Å². The fourth-order valence-corrected chi connectivity index (χ4v) is 6.30. The fourth-order valence-electron chi connectivity index (χ4n) is 3.21. The molecule has 2 aliphatic heterocycles. The highest BCUT2D eigenvalue weighted by Crippen LogP contribution is 2.33. The molecule has 29 heavy (non-hydrogen) atoms. The first kappa shape index (κ1) is 21.8. The van der Waals surface area contributed by atoms with Crippen molar-refractivity contribution in [3.63, 3.8) is 0 Å². The maximum atomic E-state index is 12.7. The minimum absolute atomic E-state index is 0.000889. The van der Waals surface area contributed by atoms with E-state index >= 15 is 0 Å². The Balaban J connectivity index is 1.59. The lowest BCUT2D eigenvalue weighted by molar-refractivity contribution is -0.132. The van der Waals surface area contributed by atoms with Crippen molar-refractivity contribution in [1.29, 1.82) is 0 Å². The van der Waals surface area contributed by atoms with E-state index in [2.05, 4.69) is 0 Å². The normalized spacial score (nSPS) is 22.3. The van der Waals surface area contributed by atoms with Crippen LogP contribution in [0.2, 0.25) is 0 Å². The molecule has 0 aliphatic carbocycles. The zero-order valence-electron chi connectivity index (χ0n) is 16.2. The number of ether oxygens (including phenoxy) is 1. The number of rotatable bonds is 6. The number of thioether (sulfide) groups is 1. The highest BCUT2D eigenvalue weighted by atomic mass is 32.2. The van der Waals surface area contributed by atoms with Gasteiger partial charge in [-0.05, 0) is 30.2 Å². The molecule has 2 fully saturated rings. The van der Waals surface area contributed by atoms with E-state index in [1.807, 2.05) is 24.3 Å². The molecule has 0 spiro atoms. The second-order valence-corrected chi connectivity index (χ2v) is 10.8. The molecule has 0 saturated carbocycles. The van der Waals surface area contributed by atoms with Gasteiger partial charge >= 0.3 is 0 Å². The van der Waals surface area contributed by atoms with Crippen molar-refractivity contribution in [1.82, 2.24) is 9.80 Å². The van der Waals surface area contributed by atoms with Crippen molar-refractivity contribution in [3.8, 4) is 5.75 Å². The summed E-state index contributed by atoms with van der Waals surface area (Å²) in [6.45, 7) is 0.174. The van der Waals surface area contributed by atoms with Gasteiger partial charge in [-0.3, -0.25) is 14.5 Å². The molecule has 156 valence electrons. The van der Waals surface area contributed by atoms with Crippen molar-refractivity contribution < 1.29 is 22.7 Å². The van der Waals surface area contributed by atoms with Crippen LogP contribution in [0.25, 0.3) is 6.08 Å². The van der Waals surface area contributed by atoms with E-state index in [-0.39, 0.29) is 42.3 Å². The third kappa shape index (κ3) is 5.18. The molecule has 10 heteroatoms. The Kier molecular flexibility index (Phi) is 6.65. The highest BCUT2D eigenvalue weighted by Gasteiger charge is 2.35. The van der Waals surface area contributed by atoms with E-state index < -0.39 is 9.84 Å². The summed E-state index contributed by atoms with van der Waals surface area (Å²) in [7, 11) is 0.139. The average molecular weight is 455 g/mol. The first-order chi connectivity index (χ1) is 13.7. The smallest absolute Gasteiger partial charge is 0.266 e. The summed E-state index contributed by atoms with van der Waals surface area (Å²) in [5.41, 5.74) is 0.851. The van der Waals surface area contributed by atoms with Gasteiger partial charge in [-0.15, -0.1) is 0 Å². The molecule has 0 radical (unpaired) electrons. The van der Waals surface area contributed by atoms with Crippen molar-refractivity contribution in [2.45, 2.75) is 18.9 Å². The average Bonchev–Trinajstić information content (AvgIpc) is 3.18. The van der Waals surface area contributed by atoms with E-state index in [0.717, 1.165) is 11.3 Å². The molecule has 1 unspecified atom stereocenters. The van der Waals surface area contributed by atoms with Crippen LogP contribution in [0.4, 0.5) is 0 Å².